The summed E-state index contributed by atoms with van der Waals surface area (Å²) in [6, 6.07) is 23.9. The minimum Gasteiger partial charge on any atom is -0.496 e. The first-order valence-corrected chi connectivity index (χ1v) is 17.6. The topological polar surface area (TPSA) is 109 Å². The van der Waals surface area contributed by atoms with Crippen molar-refractivity contribution < 1.29 is 31.8 Å². The molecule has 0 fully saturated rings. The molecule has 2 atom stereocenters. The molecule has 0 amide bonds. The lowest BCUT2D eigenvalue weighted by molar-refractivity contribution is -0.0973. The molecule has 2 heterocycles. The molecule has 0 aliphatic carbocycles. The molecule has 0 saturated heterocycles. The lowest BCUT2D eigenvalue weighted by Crippen LogP contribution is -2.40. The summed E-state index contributed by atoms with van der Waals surface area (Å²) in [5.74, 6) is 1.21. The SMILES string of the molecule is COc1cc2ncnc(Nc3ccc(OCc4cccc(F)c4)c(Br)c3)c2cc1C1(C(C)OCCS(=O)(=O)c2ccccc2)CC=CO1. The number of anilines is 2. The third-order valence-electron chi connectivity index (χ3n) is 8.17. The number of nitrogens with one attached hydrogen (secondary N) is 1. The zero-order valence-corrected chi connectivity index (χ0v) is 28.6. The van der Waals surface area contributed by atoms with Crippen LogP contribution in [0.2, 0.25) is 0 Å². The highest BCUT2D eigenvalue weighted by atomic mass is 79.9. The van der Waals surface area contributed by atoms with E-state index in [1.54, 1.807) is 55.8 Å². The van der Waals surface area contributed by atoms with Crippen LogP contribution in [0.15, 0.2) is 113 Å². The average molecular weight is 735 g/mol. The standard InChI is InChI=1S/C36H33BrFN3O6S/c1-24(45-16-17-48(42,43)28-10-4-3-5-11-28)36(14-7-15-47-36)30-20-29-32(21-34(30)44-2)39-23-40-35(29)41-27-12-13-33(31(37)19-27)46-22-25-8-6-9-26(38)18-25/h3-13,15,18-21,23-24H,14,16-17,22H2,1-2H3,(H,39,40,41). The van der Waals surface area contributed by atoms with Crippen LogP contribution < -0.4 is 14.8 Å². The minimum absolute atomic E-state index is 0.0217. The average Bonchev–Trinajstić information content (AvgIpc) is 3.59. The van der Waals surface area contributed by atoms with Crippen molar-refractivity contribution >= 4 is 48.2 Å². The molecule has 0 saturated carbocycles. The summed E-state index contributed by atoms with van der Waals surface area (Å²) >= 11 is 3.58. The fraction of sp³-hybridized carbons (Fsp3) is 0.222. The molecular weight excluding hydrogens is 701 g/mol. The Kier molecular flexibility index (Phi) is 9.95. The summed E-state index contributed by atoms with van der Waals surface area (Å²) in [5, 5.41) is 4.09. The van der Waals surface area contributed by atoms with Crippen molar-refractivity contribution in [3.05, 3.63) is 125 Å². The summed E-state index contributed by atoms with van der Waals surface area (Å²) in [6.07, 6.45) is 4.92. The van der Waals surface area contributed by atoms with Crippen molar-refractivity contribution in [1.82, 2.24) is 9.97 Å². The van der Waals surface area contributed by atoms with Crippen LogP contribution in [0.4, 0.5) is 15.9 Å². The zero-order chi connectivity index (χ0) is 33.7. The van der Waals surface area contributed by atoms with Crippen molar-refractivity contribution in [2.24, 2.45) is 0 Å². The van der Waals surface area contributed by atoms with Gasteiger partial charge < -0.3 is 24.3 Å². The van der Waals surface area contributed by atoms with Gasteiger partial charge in [0.25, 0.3) is 0 Å². The number of sulfone groups is 1. The molecule has 12 heteroatoms. The van der Waals surface area contributed by atoms with Gasteiger partial charge in [0, 0.05) is 29.1 Å². The highest BCUT2D eigenvalue weighted by Crippen LogP contribution is 2.45. The van der Waals surface area contributed by atoms with Crippen LogP contribution in [0.1, 0.15) is 24.5 Å². The molecular formula is C36H33BrFN3O6S. The van der Waals surface area contributed by atoms with Gasteiger partial charge in [0.2, 0.25) is 0 Å². The van der Waals surface area contributed by atoms with E-state index in [9.17, 15) is 12.8 Å². The third-order valence-corrected chi connectivity index (χ3v) is 10.5. The Morgan fingerprint density at radius 1 is 1.02 bits per heavy atom. The molecule has 5 aromatic rings. The summed E-state index contributed by atoms with van der Waals surface area (Å²) in [6.45, 7) is 2.06. The van der Waals surface area contributed by atoms with Crippen molar-refractivity contribution in [2.75, 3.05) is 24.8 Å². The quantitative estimate of drug-likeness (QED) is 0.129. The maximum Gasteiger partial charge on any atom is 0.180 e. The largest absolute Gasteiger partial charge is 0.496 e. The molecule has 6 rings (SSSR count). The predicted molar refractivity (Wildman–Crippen MR) is 185 cm³/mol. The van der Waals surface area contributed by atoms with E-state index < -0.39 is 21.5 Å². The summed E-state index contributed by atoms with van der Waals surface area (Å²) in [5.41, 5.74) is 1.82. The minimum atomic E-state index is -3.52. The zero-order valence-electron chi connectivity index (χ0n) is 26.2. The number of hydrogen-bond donors (Lipinski definition) is 1. The number of methoxy groups -OCH3 is 1. The number of ether oxygens (including phenoxy) is 4. The first kappa shape index (κ1) is 33.4. The first-order valence-electron chi connectivity index (χ1n) is 15.2. The second-order valence-corrected chi connectivity index (χ2v) is 14.2. The molecule has 0 spiro atoms. The molecule has 248 valence electrons. The van der Waals surface area contributed by atoms with Gasteiger partial charge in [-0.05, 0) is 83.0 Å². The molecule has 2 unspecified atom stereocenters. The summed E-state index contributed by atoms with van der Waals surface area (Å²) < 4.78 is 64.2. The molecule has 48 heavy (non-hydrogen) atoms. The van der Waals surface area contributed by atoms with Crippen LogP contribution in [-0.2, 0) is 31.5 Å². The monoisotopic (exact) mass is 733 g/mol. The molecule has 9 nitrogen and oxygen atoms in total. The highest BCUT2D eigenvalue weighted by molar-refractivity contribution is 9.10. The molecule has 0 bridgehead atoms. The fourth-order valence-electron chi connectivity index (χ4n) is 5.61. The molecule has 1 aliphatic heterocycles. The van der Waals surface area contributed by atoms with Crippen LogP contribution >= 0.6 is 15.9 Å². The molecule has 4 aromatic carbocycles. The maximum absolute atomic E-state index is 13.6. The number of rotatable bonds is 13. The summed E-state index contributed by atoms with van der Waals surface area (Å²) in [4.78, 5) is 9.27. The Balaban J connectivity index is 1.24. The second kappa shape index (κ2) is 14.3. The van der Waals surface area contributed by atoms with Gasteiger partial charge in [0.1, 0.15) is 36.1 Å². The van der Waals surface area contributed by atoms with Gasteiger partial charge in [0.15, 0.2) is 15.4 Å². The fourth-order valence-corrected chi connectivity index (χ4v) is 7.23. The van der Waals surface area contributed by atoms with Crippen LogP contribution in [-0.4, -0.2) is 44.0 Å². The number of benzene rings is 4. The van der Waals surface area contributed by atoms with Crippen molar-refractivity contribution in [1.29, 1.82) is 0 Å². The van der Waals surface area contributed by atoms with Crippen LogP contribution in [0, 0.1) is 5.82 Å². The van der Waals surface area contributed by atoms with Gasteiger partial charge in [-0.15, -0.1) is 0 Å². The van der Waals surface area contributed by atoms with Gasteiger partial charge in [0.05, 0.1) is 46.7 Å². The van der Waals surface area contributed by atoms with E-state index in [0.29, 0.717) is 44.7 Å². The number of nitrogens with zero attached hydrogens (tertiary/aromatic N) is 2. The van der Waals surface area contributed by atoms with Crippen LogP contribution in [0.3, 0.4) is 0 Å². The summed E-state index contributed by atoms with van der Waals surface area (Å²) in [7, 11) is -1.94. The van der Waals surface area contributed by atoms with Gasteiger partial charge >= 0.3 is 0 Å². The van der Waals surface area contributed by atoms with E-state index in [4.69, 9.17) is 18.9 Å². The Bertz CT molecular complexity index is 2050. The highest BCUT2D eigenvalue weighted by Gasteiger charge is 2.44. The molecule has 1 aliphatic rings. The molecule has 0 radical (unpaired) electrons. The van der Waals surface area contributed by atoms with E-state index in [1.165, 1.54) is 18.5 Å². The lowest BCUT2D eigenvalue weighted by Gasteiger charge is -2.36. The molecule has 1 N–H and O–H groups in total. The van der Waals surface area contributed by atoms with E-state index in [-0.39, 0.29) is 29.7 Å². The lowest BCUT2D eigenvalue weighted by atomic mass is 9.85. The van der Waals surface area contributed by atoms with Gasteiger partial charge in [-0.1, -0.05) is 30.3 Å². The first-order chi connectivity index (χ1) is 23.2. The van der Waals surface area contributed by atoms with Crippen LogP contribution in [0.5, 0.6) is 11.5 Å². The van der Waals surface area contributed by atoms with Crippen molar-refractivity contribution in [3.63, 3.8) is 0 Å². The smallest absolute Gasteiger partial charge is 0.180 e. The van der Waals surface area contributed by atoms with Gasteiger partial charge in [-0.25, -0.2) is 22.8 Å². The van der Waals surface area contributed by atoms with E-state index in [0.717, 1.165) is 11.3 Å². The van der Waals surface area contributed by atoms with E-state index in [2.05, 4.69) is 31.2 Å². The normalized spacial score (nSPS) is 16.4. The van der Waals surface area contributed by atoms with Gasteiger partial charge in [-0.3, -0.25) is 0 Å². The number of halogens is 2. The Morgan fingerprint density at radius 2 is 1.85 bits per heavy atom. The second-order valence-electron chi connectivity index (χ2n) is 11.2. The third kappa shape index (κ3) is 7.15. The van der Waals surface area contributed by atoms with Crippen LogP contribution in [0.25, 0.3) is 10.9 Å². The predicted octanol–water partition coefficient (Wildman–Crippen LogP) is 7.87. The van der Waals surface area contributed by atoms with E-state index >= 15 is 0 Å². The maximum atomic E-state index is 13.6. The van der Waals surface area contributed by atoms with E-state index in [1.807, 2.05) is 43.3 Å². The Labute approximate surface area is 286 Å². The Morgan fingerprint density at radius 3 is 2.58 bits per heavy atom. The Hall–Kier alpha value is -4.52. The van der Waals surface area contributed by atoms with Gasteiger partial charge in [-0.2, -0.15) is 0 Å². The number of aromatic nitrogens is 2. The van der Waals surface area contributed by atoms with Crippen molar-refractivity contribution in [3.8, 4) is 11.5 Å². The molecule has 1 aromatic heterocycles. The number of fused-ring (bicyclic) bond motifs is 1. The van der Waals surface area contributed by atoms with Crippen molar-refractivity contribution in [2.45, 2.75) is 36.6 Å². The number of hydrogen-bond acceptors (Lipinski definition) is 9.